The number of nitrogens with one attached hydrogen (secondary N) is 1. The zero-order valence-corrected chi connectivity index (χ0v) is 16.2. The predicted octanol–water partition coefficient (Wildman–Crippen LogP) is 3.22. The van der Waals surface area contributed by atoms with Crippen molar-refractivity contribution in [1.29, 1.82) is 0 Å². The second kappa shape index (κ2) is 8.81. The summed E-state index contributed by atoms with van der Waals surface area (Å²) in [6, 6.07) is 13.8. The van der Waals surface area contributed by atoms with Crippen LogP contribution in [0.25, 0.3) is 11.4 Å². The summed E-state index contributed by atoms with van der Waals surface area (Å²) in [5, 5.41) is 15.2. The average Bonchev–Trinajstić information content (AvgIpc) is 3.09. The maximum absolute atomic E-state index is 12.2. The number of carbonyl (C=O) groups excluding carboxylic acids is 2. The summed E-state index contributed by atoms with van der Waals surface area (Å²) in [7, 11) is 0. The van der Waals surface area contributed by atoms with Crippen LogP contribution in [-0.4, -0.2) is 38.2 Å². The molecular formula is C18H15Cl2N5O3. The third-order valence-corrected chi connectivity index (χ3v) is 4.00. The van der Waals surface area contributed by atoms with Crippen LogP contribution in [0.1, 0.15) is 6.92 Å². The molecule has 1 amide bonds. The van der Waals surface area contributed by atoms with Gasteiger partial charge >= 0.3 is 5.97 Å². The zero-order chi connectivity index (χ0) is 20.1. The Balaban J connectivity index is 1.55. The Morgan fingerprint density at radius 2 is 1.82 bits per heavy atom. The third kappa shape index (κ3) is 5.28. The van der Waals surface area contributed by atoms with Crippen LogP contribution in [0, 0.1) is 0 Å². The Hall–Kier alpha value is -2.97. The number of anilines is 1. The molecule has 3 aromatic rings. The molecule has 0 spiro atoms. The number of esters is 1. The molecule has 144 valence electrons. The van der Waals surface area contributed by atoms with Crippen LogP contribution >= 0.6 is 23.2 Å². The fraction of sp³-hybridized carbons (Fsp3) is 0.167. The molecule has 0 fully saturated rings. The highest BCUT2D eigenvalue weighted by molar-refractivity contribution is 6.35. The highest BCUT2D eigenvalue weighted by atomic mass is 35.5. The largest absolute Gasteiger partial charge is 0.451 e. The van der Waals surface area contributed by atoms with Crippen molar-refractivity contribution in [2.75, 3.05) is 5.32 Å². The van der Waals surface area contributed by atoms with Crippen molar-refractivity contribution < 1.29 is 14.3 Å². The molecular weight excluding hydrogens is 405 g/mol. The molecule has 1 atom stereocenters. The normalized spacial score (nSPS) is 11.7. The van der Waals surface area contributed by atoms with Crippen LogP contribution in [0.15, 0.2) is 48.5 Å². The molecule has 1 unspecified atom stereocenters. The summed E-state index contributed by atoms with van der Waals surface area (Å²) in [5.41, 5.74) is 1.17. The van der Waals surface area contributed by atoms with Gasteiger partial charge in [0.25, 0.3) is 5.91 Å². The highest BCUT2D eigenvalue weighted by Crippen LogP contribution is 2.22. The molecule has 0 saturated carbocycles. The number of hydrogen-bond acceptors (Lipinski definition) is 6. The lowest BCUT2D eigenvalue weighted by atomic mass is 10.2. The number of nitrogens with zero attached hydrogens (tertiary/aromatic N) is 4. The van der Waals surface area contributed by atoms with Gasteiger partial charge in [0.1, 0.15) is 0 Å². The van der Waals surface area contributed by atoms with Crippen LogP contribution in [0.3, 0.4) is 0 Å². The molecule has 0 bridgehead atoms. The molecule has 10 heteroatoms. The second-order valence-electron chi connectivity index (χ2n) is 5.79. The van der Waals surface area contributed by atoms with E-state index >= 15 is 0 Å². The van der Waals surface area contributed by atoms with Crippen molar-refractivity contribution in [1.82, 2.24) is 20.2 Å². The number of tetrazole rings is 1. The summed E-state index contributed by atoms with van der Waals surface area (Å²) < 4.78 is 5.12. The van der Waals surface area contributed by atoms with Crippen molar-refractivity contribution in [3.8, 4) is 11.4 Å². The minimum absolute atomic E-state index is 0.277. The van der Waals surface area contributed by atoms with E-state index in [2.05, 4.69) is 20.7 Å². The molecule has 0 aliphatic heterocycles. The highest BCUT2D eigenvalue weighted by Gasteiger charge is 2.19. The minimum atomic E-state index is -1.04. The Kier molecular flexibility index (Phi) is 6.23. The maximum atomic E-state index is 12.2. The number of halogens is 2. The van der Waals surface area contributed by atoms with Gasteiger partial charge in [-0.25, -0.2) is 4.79 Å². The molecule has 2 aromatic carbocycles. The van der Waals surface area contributed by atoms with Gasteiger partial charge in [0.2, 0.25) is 5.82 Å². The first-order chi connectivity index (χ1) is 13.4. The Morgan fingerprint density at radius 3 is 2.50 bits per heavy atom. The zero-order valence-electron chi connectivity index (χ0n) is 14.7. The topological polar surface area (TPSA) is 99.0 Å². The van der Waals surface area contributed by atoms with Crippen molar-refractivity contribution in [2.45, 2.75) is 19.6 Å². The smallest absolute Gasteiger partial charge is 0.330 e. The van der Waals surface area contributed by atoms with Gasteiger partial charge < -0.3 is 10.1 Å². The monoisotopic (exact) mass is 419 g/mol. The van der Waals surface area contributed by atoms with Gasteiger partial charge in [-0.2, -0.15) is 4.80 Å². The predicted molar refractivity (Wildman–Crippen MR) is 104 cm³/mol. The first-order valence-electron chi connectivity index (χ1n) is 8.20. The summed E-state index contributed by atoms with van der Waals surface area (Å²) in [6.07, 6.45) is -1.04. The van der Waals surface area contributed by atoms with E-state index in [1.807, 2.05) is 30.3 Å². The molecule has 1 heterocycles. The molecule has 0 aliphatic rings. The SMILES string of the molecule is CC(OC(=O)Cn1nnc(-c2ccccc2)n1)C(=O)Nc1cc(Cl)cc(Cl)c1. The first-order valence-corrected chi connectivity index (χ1v) is 8.96. The van der Waals surface area contributed by atoms with Gasteiger partial charge in [0, 0.05) is 21.3 Å². The van der Waals surface area contributed by atoms with Gasteiger partial charge in [-0.05, 0) is 30.3 Å². The van der Waals surface area contributed by atoms with Gasteiger partial charge in [-0.15, -0.1) is 10.2 Å². The molecule has 0 saturated heterocycles. The Labute approximate surface area is 170 Å². The maximum Gasteiger partial charge on any atom is 0.330 e. The van der Waals surface area contributed by atoms with Crippen molar-refractivity contribution in [3.63, 3.8) is 0 Å². The molecule has 0 aliphatic carbocycles. The molecule has 28 heavy (non-hydrogen) atoms. The van der Waals surface area contributed by atoms with E-state index in [0.717, 1.165) is 10.4 Å². The van der Waals surface area contributed by atoms with E-state index in [4.69, 9.17) is 27.9 Å². The number of rotatable bonds is 6. The number of amides is 1. The fourth-order valence-electron chi connectivity index (χ4n) is 2.29. The van der Waals surface area contributed by atoms with E-state index in [1.54, 1.807) is 0 Å². The van der Waals surface area contributed by atoms with E-state index in [0.29, 0.717) is 21.6 Å². The van der Waals surface area contributed by atoms with Gasteiger partial charge in [0.15, 0.2) is 12.6 Å². The lowest BCUT2D eigenvalue weighted by Gasteiger charge is -2.13. The molecule has 1 aromatic heterocycles. The lowest BCUT2D eigenvalue weighted by Crippen LogP contribution is -2.31. The minimum Gasteiger partial charge on any atom is -0.451 e. The summed E-state index contributed by atoms with van der Waals surface area (Å²) in [4.78, 5) is 25.4. The Bertz CT molecular complexity index is 974. The van der Waals surface area contributed by atoms with Gasteiger partial charge in [0.05, 0.1) is 0 Å². The fourth-order valence-corrected chi connectivity index (χ4v) is 2.81. The average molecular weight is 420 g/mol. The molecule has 8 nitrogen and oxygen atoms in total. The number of ether oxygens (including phenoxy) is 1. The number of benzene rings is 2. The first kappa shape index (κ1) is 19.8. The second-order valence-corrected chi connectivity index (χ2v) is 6.66. The molecule has 1 N–H and O–H groups in total. The van der Waals surface area contributed by atoms with Crippen molar-refractivity contribution in [2.24, 2.45) is 0 Å². The van der Waals surface area contributed by atoms with Crippen molar-refractivity contribution >= 4 is 40.8 Å². The van der Waals surface area contributed by atoms with Gasteiger partial charge in [-0.1, -0.05) is 53.5 Å². The van der Waals surface area contributed by atoms with E-state index in [9.17, 15) is 9.59 Å². The van der Waals surface area contributed by atoms with E-state index in [1.165, 1.54) is 25.1 Å². The van der Waals surface area contributed by atoms with Crippen LogP contribution in [0.5, 0.6) is 0 Å². The van der Waals surface area contributed by atoms with Crippen LogP contribution in [0.2, 0.25) is 10.0 Å². The van der Waals surface area contributed by atoms with Crippen molar-refractivity contribution in [3.05, 3.63) is 58.6 Å². The summed E-state index contributed by atoms with van der Waals surface area (Å²) in [5.74, 6) is -0.816. The quantitative estimate of drug-likeness (QED) is 0.615. The Morgan fingerprint density at radius 1 is 1.14 bits per heavy atom. The lowest BCUT2D eigenvalue weighted by molar-refractivity contribution is -0.154. The summed E-state index contributed by atoms with van der Waals surface area (Å²) >= 11 is 11.8. The third-order valence-electron chi connectivity index (χ3n) is 3.56. The number of hydrogen-bond donors (Lipinski definition) is 1. The van der Waals surface area contributed by atoms with Crippen LogP contribution < -0.4 is 5.32 Å². The van der Waals surface area contributed by atoms with Gasteiger partial charge in [-0.3, -0.25) is 4.79 Å². The van der Waals surface area contributed by atoms with E-state index < -0.39 is 18.0 Å². The number of carbonyl (C=O) groups is 2. The van der Waals surface area contributed by atoms with Crippen LogP contribution in [-0.2, 0) is 20.9 Å². The van der Waals surface area contributed by atoms with E-state index in [-0.39, 0.29) is 6.54 Å². The standard InChI is InChI=1S/C18H15Cl2N5O3/c1-11(18(27)21-15-8-13(19)7-14(20)9-15)28-16(26)10-25-23-17(22-24-25)12-5-3-2-4-6-12/h2-9,11H,10H2,1H3,(H,21,27). The van der Waals surface area contributed by atoms with Crippen LogP contribution in [0.4, 0.5) is 5.69 Å². The summed E-state index contributed by atoms with van der Waals surface area (Å²) in [6.45, 7) is 1.17. The number of aromatic nitrogens is 4. The molecule has 3 rings (SSSR count). The molecule has 0 radical (unpaired) electrons.